The number of amides is 1. The highest BCUT2D eigenvalue weighted by Crippen LogP contribution is 2.28. The van der Waals surface area contributed by atoms with E-state index < -0.39 is 6.10 Å². The van der Waals surface area contributed by atoms with E-state index in [-0.39, 0.29) is 5.91 Å². The standard InChI is InChI=1S/C13H18N2O3/c1-9(2)8-17-15-13(16)12-7-14-10-5-3-4-6-11(10)18-12/h3-6,9,12,14H,7-8H2,1-2H3,(H,15,16). The van der Waals surface area contributed by atoms with Crippen LogP contribution in [-0.2, 0) is 9.63 Å². The fourth-order valence-electron chi connectivity index (χ4n) is 1.60. The van der Waals surface area contributed by atoms with Crippen LogP contribution in [0.2, 0.25) is 0 Å². The van der Waals surface area contributed by atoms with Crippen LogP contribution in [-0.4, -0.2) is 25.2 Å². The molecule has 18 heavy (non-hydrogen) atoms. The second-order valence-corrected chi connectivity index (χ2v) is 4.65. The molecule has 1 aliphatic rings. The first-order valence-electron chi connectivity index (χ1n) is 6.08. The largest absolute Gasteiger partial charge is 0.476 e. The van der Waals surface area contributed by atoms with Crippen LogP contribution < -0.4 is 15.5 Å². The predicted molar refractivity (Wildman–Crippen MR) is 68.3 cm³/mol. The molecule has 2 N–H and O–H groups in total. The summed E-state index contributed by atoms with van der Waals surface area (Å²) in [7, 11) is 0. The zero-order valence-electron chi connectivity index (χ0n) is 10.6. The SMILES string of the molecule is CC(C)CONC(=O)C1CNc2ccccc2O1. The van der Waals surface area contributed by atoms with Crippen LogP contribution in [0.4, 0.5) is 5.69 Å². The Balaban J connectivity index is 1.87. The number of benzene rings is 1. The third-order valence-corrected chi connectivity index (χ3v) is 2.52. The summed E-state index contributed by atoms with van der Waals surface area (Å²) in [4.78, 5) is 16.9. The van der Waals surface area contributed by atoms with Crippen LogP contribution in [0.5, 0.6) is 5.75 Å². The molecule has 0 fully saturated rings. The van der Waals surface area contributed by atoms with Crippen molar-refractivity contribution in [2.75, 3.05) is 18.5 Å². The van der Waals surface area contributed by atoms with Crippen molar-refractivity contribution in [3.05, 3.63) is 24.3 Å². The van der Waals surface area contributed by atoms with Crippen LogP contribution in [0.15, 0.2) is 24.3 Å². The van der Waals surface area contributed by atoms with Crippen molar-refractivity contribution in [3.63, 3.8) is 0 Å². The topological polar surface area (TPSA) is 59.6 Å². The number of rotatable bonds is 4. The summed E-state index contributed by atoms with van der Waals surface area (Å²) in [5.74, 6) is 0.793. The summed E-state index contributed by atoms with van der Waals surface area (Å²) in [6, 6.07) is 7.53. The van der Waals surface area contributed by atoms with Crippen molar-refractivity contribution < 1.29 is 14.4 Å². The summed E-state index contributed by atoms with van der Waals surface area (Å²) in [6.45, 7) is 4.96. The first kappa shape index (κ1) is 12.7. The fraction of sp³-hybridized carbons (Fsp3) is 0.462. The van der Waals surface area contributed by atoms with E-state index in [0.717, 1.165) is 5.69 Å². The number of hydrogen-bond donors (Lipinski definition) is 2. The van der Waals surface area contributed by atoms with Gasteiger partial charge in [-0.15, -0.1) is 0 Å². The smallest absolute Gasteiger partial charge is 0.286 e. The van der Waals surface area contributed by atoms with Gasteiger partial charge in [0.05, 0.1) is 18.8 Å². The summed E-state index contributed by atoms with van der Waals surface area (Å²) in [5.41, 5.74) is 3.32. The van der Waals surface area contributed by atoms with Gasteiger partial charge in [0.1, 0.15) is 5.75 Å². The Morgan fingerprint density at radius 1 is 1.56 bits per heavy atom. The molecular weight excluding hydrogens is 232 g/mol. The molecule has 0 spiro atoms. The Kier molecular flexibility index (Phi) is 4.04. The highest BCUT2D eigenvalue weighted by atomic mass is 16.7. The number of hydroxylamine groups is 1. The summed E-state index contributed by atoms with van der Waals surface area (Å²) >= 11 is 0. The molecule has 0 radical (unpaired) electrons. The van der Waals surface area contributed by atoms with Crippen molar-refractivity contribution in [1.82, 2.24) is 5.48 Å². The average Bonchev–Trinajstić information content (AvgIpc) is 2.37. The Morgan fingerprint density at radius 2 is 2.33 bits per heavy atom. The van der Waals surface area contributed by atoms with Gasteiger partial charge in [0.15, 0.2) is 6.10 Å². The minimum absolute atomic E-state index is 0.266. The summed E-state index contributed by atoms with van der Waals surface area (Å²) in [5, 5.41) is 3.15. The maximum Gasteiger partial charge on any atom is 0.286 e. The lowest BCUT2D eigenvalue weighted by molar-refractivity contribution is -0.141. The molecule has 1 heterocycles. The van der Waals surface area contributed by atoms with Gasteiger partial charge < -0.3 is 10.1 Å². The molecule has 1 aliphatic heterocycles. The first-order valence-corrected chi connectivity index (χ1v) is 6.08. The third kappa shape index (κ3) is 3.13. The number of ether oxygens (including phenoxy) is 1. The molecule has 0 aromatic heterocycles. The fourth-order valence-corrected chi connectivity index (χ4v) is 1.60. The van der Waals surface area contributed by atoms with Gasteiger partial charge in [-0.3, -0.25) is 9.63 Å². The number of carbonyl (C=O) groups excluding carboxylic acids is 1. The molecule has 1 atom stereocenters. The van der Waals surface area contributed by atoms with E-state index in [1.54, 1.807) is 0 Å². The number of anilines is 1. The minimum Gasteiger partial charge on any atom is -0.476 e. The molecule has 1 aromatic carbocycles. The van der Waals surface area contributed by atoms with Crippen LogP contribution in [0.1, 0.15) is 13.8 Å². The molecule has 98 valence electrons. The maximum atomic E-state index is 11.8. The average molecular weight is 250 g/mol. The Hall–Kier alpha value is -1.75. The molecule has 0 aliphatic carbocycles. The Morgan fingerprint density at radius 3 is 3.11 bits per heavy atom. The van der Waals surface area contributed by atoms with Crippen molar-refractivity contribution in [1.29, 1.82) is 0 Å². The van der Waals surface area contributed by atoms with Gasteiger partial charge in [-0.25, -0.2) is 5.48 Å². The highest BCUT2D eigenvalue weighted by molar-refractivity contribution is 5.82. The lowest BCUT2D eigenvalue weighted by Crippen LogP contribution is -2.44. The zero-order chi connectivity index (χ0) is 13.0. The van der Waals surface area contributed by atoms with Crippen molar-refractivity contribution in [3.8, 4) is 5.75 Å². The van der Waals surface area contributed by atoms with Crippen molar-refractivity contribution >= 4 is 11.6 Å². The molecular formula is C13H18N2O3. The van der Waals surface area contributed by atoms with Gasteiger partial charge in [-0.05, 0) is 18.1 Å². The van der Waals surface area contributed by atoms with Gasteiger partial charge >= 0.3 is 0 Å². The molecule has 0 saturated carbocycles. The first-order chi connectivity index (χ1) is 8.66. The predicted octanol–water partition coefficient (Wildman–Crippen LogP) is 1.56. The summed E-state index contributed by atoms with van der Waals surface area (Å²) < 4.78 is 5.60. The van der Waals surface area contributed by atoms with Crippen molar-refractivity contribution in [2.45, 2.75) is 20.0 Å². The van der Waals surface area contributed by atoms with Gasteiger partial charge in [-0.2, -0.15) is 0 Å². The molecule has 1 aromatic rings. The normalized spacial score (nSPS) is 17.6. The van der Waals surface area contributed by atoms with Crippen LogP contribution in [0.25, 0.3) is 0 Å². The van der Waals surface area contributed by atoms with Gasteiger partial charge in [0.25, 0.3) is 5.91 Å². The van der Waals surface area contributed by atoms with Crippen molar-refractivity contribution in [2.24, 2.45) is 5.92 Å². The third-order valence-electron chi connectivity index (χ3n) is 2.52. The van der Waals surface area contributed by atoms with E-state index in [1.165, 1.54) is 0 Å². The van der Waals surface area contributed by atoms with E-state index in [1.807, 2.05) is 38.1 Å². The molecule has 1 amide bonds. The van der Waals surface area contributed by atoms with Crippen LogP contribution in [0.3, 0.4) is 0 Å². The van der Waals surface area contributed by atoms with Crippen LogP contribution in [0, 0.1) is 5.92 Å². The zero-order valence-corrected chi connectivity index (χ0v) is 10.6. The van der Waals surface area contributed by atoms with Gasteiger partial charge in [-0.1, -0.05) is 26.0 Å². The van der Waals surface area contributed by atoms with Crippen LogP contribution >= 0.6 is 0 Å². The van der Waals surface area contributed by atoms with E-state index >= 15 is 0 Å². The van der Waals surface area contributed by atoms with E-state index in [2.05, 4.69) is 10.8 Å². The Labute approximate surface area is 106 Å². The van der Waals surface area contributed by atoms with E-state index in [9.17, 15) is 4.79 Å². The second kappa shape index (κ2) is 5.73. The molecule has 2 rings (SSSR count). The van der Waals surface area contributed by atoms with Gasteiger partial charge in [0, 0.05) is 0 Å². The monoisotopic (exact) mass is 250 g/mol. The highest BCUT2D eigenvalue weighted by Gasteiger charge is 2.25. The van der Waals surface area contributed by atoms with Gasteiger partial charge in [0.2, 0.25) is 0 Å². The molecule has 0 bridgehead atoms. The quantitative estimate of drug-likeness (QED) is 0.796. The Bertz CT molecular complexity index is 420. The summed E-state index contributed by atoms with van der Waals surface area (Å²) in [6.07, 6.45) is -0.563. The van der Waals surface area contributed by atoms with E-state index in [4.69, 9.17) is 9.57 Å². The minimum atomic E-state index is -0.563. The number of hydrogen-bond acceptors (Lipinski definition) is 4. The number of carbonyl (C=O) groups is 1. The number of para-hydroxylation sites is 2. The second-order valence-electron chi connectivity index (χ2n) is 4.65. The number of fused-ring (bicyclic) bond motifs is 1. The molecule has 1 unspecified atom stereocenters. The molecule has 5 heteroatoms. The number of nitrogens with one attached hydrogen (secondary N) is 2. The van der Waals surface area contributed by atoms with E-state index in [0.29, 0.717) is 24.8 Å². The molecule has 5 nitrogen and oxygen atoms in total. The molecule has 0 saturated heterocycles. The maximum absolute atomic E-state index is 11.8. The lowest BCUT2D eigenvalue weighted by atomic mass is 10.2. The lowest BCUT2D eigenvalue weighted by Gasteiger charge is -2.26.